The minimum atomic E-state index is -4.71. The monoisotopic (exact) mass is 351 g/mol. The number of halogens is 3. The van der Waals surface area contributed by atoms with Gasteiger partial charge in [0.15, 0.2) is 5.82 Å². The fourth-order valence-corrected chi connectivity index (χ4v) is 2.66. The van der Waals surface area contributed by atoms with Crippen molar-refractivity contribution in [1.82, 2.24) is 9.78 Å². The first kappa shape index (κ1) is 13.9. The second-order valence-corrected chi connectivity index (χ2v) is 6.32. The summed E-state index contributed by atoms with van der Waals surface area (Å²) in [4.78, 5) is -0.500. The molecule has 0 aliphatic rings. The number of hydrogen-bond acceptors (Lipinski definition) is 4. The van der Waals surface area contributed by atoms with Crippen LogP contribution in [0.15, 0.2) is 39.8 Å². The molecule has 2 N–H and O–H groups in total. The van der Waals surface area contributed by atoms with E-state index in [0.29, 0.717) is 4.47 Å². The third kappa shape index (κ3) is 2.47. The van der Waals surface area contributed by atoms with Gasteiger partial charge < -0.3 is 5.73 Å². The molecule has 1 aromatic heterocycles. The Morgan fingerprint density at radius 1 is 1.32 bits per heavy atom. The highest BCUT2D eigenvalue weighted by molar-refractivity contribution is 9.10. The van der Waals surface area contributed by atoms with Crippen molar-refractivity contribution in [3.05, 3.63) is 34.9 Å². The molecular weight excluding hydrogens is 344 g/mol. The van der Waals surface area contributed by atoms with Crippen LogP contribution >= 0.6 is 15.9 Å². The minimum absolute atomic E-state index is 0.0141. The number of aromatic nitrogens is 2. The summed E-state index contributed by atoms with van der Waals surface area (Å²) in [6.45, 7) is 0. The van der Waals surface area contributed by atoms with E-state index in [2.05, 4.69) is 21.0 Å². The topological polar surface area (TPSA) is 78.0 Å². The maximum absolute atomic E-state index is 12.6. The molecule has 102 valence electrons. The fraction of sp³-hybridized carbons (Fsp3) is 0.100. The molecule has 0 saturated heterocycles. The number of anilines is 1. The second kappa shape index (κ2) is 4.89. The molecule has 5 nitrogen and oxygen atoms in total. The van der Waals surface area contributed by atoms with E-state index in [1.807, 2.05) is 0 Å². The number of nitrogen functional groups attached to an aromatic ring is 1. The fourth-order valence-electron chi connectivity index (χ4n) is 1.47. The standard InChI is InChI=1S/C10H8BrF2N3O2S/c11-6-5-16(15-9(6)14)7-3-1-2-4-8(7)19(17,18)10(12)13/h1-5,10H,(H2,14,15). The Bertz CT molecular complexity index is 696. The highest BCUT2D eigenvalue weighted by atomic mass is 79.9. The van der Waals surface area contributed by atoms with Crippen LogP contribution < -0.4 is 5.73 Å². The van der Waals surface area contributed by atoms with Crippen molar-refractivity contribution in [3.8, 4) is 5.69 Å². The van der Waals surface area contributed by atoms with Gasteiger partial charge in [-0.05, 0) is 28.1 Å². The van der Waals surface area contributed by atoms with E-state index in [-0.39, 0.29) is 11.5 Å². The highest BCUT2D eigenvalue weighted by Gasteiger charge is 2.29. The lowest BCUT2D eigenvalue weighted by Crippen LogP contribution is -2.14. The third-order valence-electron chi connectivity index (χ3n) is 2.35. The predicted octanol–water partition coefficient (Wildman–Crippen LogP) is 2.21. The Morgan fingerprint density at radius 3 is 2.47 bits per heavy atom. The molecule has 0 aliphatic carbocycles. The molecular formula is C10H8BrF2N3O2S. The van der Waals surface area contributed by atoms with Gasteiger partial charge in [0.05, 0.1) is 15.1 Å². The Hall–Kier alpha value is -1.48. The van der Waals surface area contributed by atoms with E-state index in [0.717, 1.165) is 10.7 Å². The first-order chi connectivity index (χ1) is 8.84. The molecule has 1 aromatic carbocycles. The number of sulfone groups is 1. The van der Waals surface area contributed by atoms with Crippen molar-refractivity contribution in [2.75, 3.05) is 5.73 Å². The van der Waals surface area contributed by atoms with Crippen LogP contribution in [0.25, 0.3) is 5.69 Å². The van der Waals surface area contributed by atoms with E-state index in [1.54, 1.807) is 0 Å². The van der Waals surface area contributed by atoms with Crippen molar-refractivity contribution in [1.29, 1.82) is 0 Å². The quantitative estimate of drug-likeness (QED) is 0.919. The van der Waals surface area contributed by atoms with Crippen molar-refractivity contribution < 1.29 is 17.2 Å². The SMILES string of the molecule is Nc1nn(-c2ccccc2S(=O)(=O)C(F)F)cc1Br. The molecule has 0 amide bonds. The average molecular weight is 352 g/mol. The summed E-state index contributed by atoms with van der Waals surface area (Å²) < 4.78 is 50.0. The number of nitrogens with zero attached hydrogens (tertiary/aromatic N) is 2. The molecule has 0 saturated carbocycles. The molecule has 0 spiro atoms. The van der Waals surface area contributed by atoms with Crippen LogP contribution in [0.2, 0.25) is 0 Å². The summed E-state index contributed by atoms with van der Waals surface area (Å²) >= 11 is 3.11. The Morgan fingerprint density at radius 2 is 1.95 bits per heavy atom. The van der Waals surface area contributed by atoms with Gasteiger partial charge >= 0.3 is 5.76 Å². The maximum atomic E-state index is 12.6. The summed E-state index contributed by atoms with van der Waals surface area (Å²) in [7, 11) is -4.71. The number of nitrogens with two attached hydrogens (primary N) is 1. The van der Waals surface area contributed by atoms with Gasteiger partial charge in [0.2, 0.25) is 9.84 Å². The molecule has 9 heteroatoms. The first-order valence-electron chi connectivity index (χ1n) is 4.96. The molecule has 0 bridgehead atoms. The van der Waals surface area contributed by atoms with Gasteiger partial charge in [-0.3, -0.25) is 0 Å². The minimum Gasteiger partial charge on any atom is -0.381 e. The molecule has 0 atom stereocenters. The largest absolute Gasteiger partial charge is 0.381 e. The molecule has 0 radical (unpaired) electrons. The zero-order valence-electron chi connectivity index (χ0n) is 9.29. The Balaban J connectivity index is 2.67. The van der Waals surface area contributed by atoms with Crippen LogP contribution in [0, 0.1) is 0 Å². The molecule has 19 heavy (non-hydrogen) atoms. The molecule has 1 heterocycles. The third-order valence-corrected chi connectivity index (χ3v) is 4.39. The summed E-state index contributed by atoms with van der Waals surface area (Å²) in [5.74, 6) is -3.37. The first-order valence-corrected chi connectivity index (χ1v) is 7.30. The van der Waals surface area contributed by atoms with Gasteiger partial charge in [0, 0.05) is 6.20 Å². The smallest absolute Gasteiger partial charge is 0.341 e. The summed E-state index contributed by atoms with van der Waals surface area (Å²) in [6, 6.07) is 5.35. The van der Waals surface area contributed by atoms with Crippen LogP contribution in [0.3, 0.4) is 0 Å². The zero-order chi connectivity index (χ0) is 14.2. The number of rotatable bonds is 3. The zero-order valence-corrected chi connectivity index (χ0v) is 11.7. The van der Waals surface area contributed by atoms with Crippen LogP contribution in [-0.2, 0) is 9.84 Å². The molecule has 2 rings (SSSR count). The Kier molecular flexibility index (Phi) is 3.59. The van der Waals surface area contributed by atoms with Crippen molar-refractivity contribution in [3.63, 3.8) is 0 Å². The summed E-state index contributed by atoms with van der Waals surface area (Å²) in [5.41, 5.74) is 5.53. The van der Waals surface area contributed by atoms with Gasteiger partial charge in [0.1, 0.15) is 0 Å². The van der Waals surface area contributed by atoms with Crippen molar-refractivity contribution in [2.45, 2.75) is 10.7 Å². The lowest BCUT2D eigenvalue weighted by atomic mass is 10.3. The number of benzene rings is 1. The number of hydrogen-bond donors (Lipinski definition) is 1. The van der Waals surface area contributed by atoms with Gasteiger partial charge in [0.25, 0.3) is 0 Å². The lowest BCUT2D eigenvalue weighted by Gasteiger charge is -2.09. The van der Waals surface area contributed by atoms with Gasteiger partial charge in [-0.2, -0.15) is 8.78 Å². The second-order valence-electron chi connectivity index (χ2n) is 3.58. The van der Waals surface area contributed by atoms with E-state index >= 15 is 0 Å². The maximum Gasteiger partial charge on any atom is 0.341 e. The van der Waals surface area contributed by atoms with E-state index < -0.39 is 20.5 Å². The van der Waals surface area contributed by atoms with Crippen molar-refractivity contribution in [2.24, 2.45) is 0 Å². The van der Waals surface area contributed by atoms with E-state index in [9.17, 15) is 17.2 Å². The van der Waals surface area contributed by atoms with Gasteiger partial charge in [-0.25, -0.2) is 13.1 Å². The average Bonchev–Trinajstić information content (AvgIpc) is 2.69. The van der Waals surface area contributed by atoms with E-state index in [4.69, 9.17) is 5.73 Å². The lowest BCUT2D eigenvalue weighted by molar-refractivity contribution is 0.234. The van der Waals surface area contributed by atoms with Crippen LogP contribution in [0.4, 0.5) is 14.6 Å². The normalized spacial score (nSPS) is 12.0. The Labute approximate surface area is 116 Å². The number of para-hydroxylation sites is 1. The molecule has 0 unspecified atom stereocenters. The highest BCUT2D eigenvalue weighted by Crippen LogP contribution is 2.27. The van der Waals surface area contributed by atoms with E-state index in [1.165, 1.54) is 24.4 Å². The molecule has 0 fully saturated rings. The molecule has 0 aliphatic heterocycles. The molecule has 2 aromatic rings. The summed E-state index contributed by atoms with van der Waals surface area (Å²) in [6.07, 6.45) is 1.40. The predicted molar refractivity (Wildman–Crippen MR) is 68.9 cm³/mol. The van der Waals surface area contributed by atoms with Crippen molar-refractivity contribution >= 4 is 31.6 Å². The van der Waals surface area contributed by atoms with Gasteiger partial charge in [-0.15, -0.1) is 5.10 Å². The number of alkyl halides is 2. The van der Waals surface area contributed by atoms with Crippen LogP contribution in [0.1, 0.15) is 0 Å². The van der Waals surface area contributed by atoms with Crippen LogP contribution in [0.5, 0.6) is 0 Å². The summed E-state index contributed by atoms with van der Waals surface area (Å²) in [5, 5.41) is 3.85. The van der Waals surface area contributed by atoms with Crippen LogP contribution in [-0.4, -0.2) is 24.0 Å². The van der Waals surface area contributed by atoms with Gasteiger partial charge in [-0.1, -0.05) is 12.1 Å².